The van der Waals surface area contributed by atoms with Gasteiger partial charge >= 0.3 is 0 Å². The molecule has 2 aliphatic heterocycles. The maximum atomic E-state index is 12.5. The lowest BCUT2D eigenvalue weighted by Gasteiger charge is -2.16. The summed E-state index contributed by atoms with van der Waals surface area (Å²) in [6.45, 7) is 5.23. The summed E-state index contributed by atoms with van der Waals surface area (Å²) in [5, 5.41) is 2.87. The normalized spacial score (nSPS) is 17.9. The summed E-state index contributed by atoms with van der Waals surface area (Å²) >= 11 is 0. The van der Waals surface area contributed by atoms with Gasteiger partial charge in [0.15, 0.2) is 0 Å². The number of nitrogens with one attached hydrogen (secondary N) is 1. The summed E-state index contributed by atoms with van der Waals surface area (Å²) in [6, 6.07) is 11.3. The van der Waals surface area contributed by atoms with Crippen LogP contribution in [0.15, 0.2) is 42.5 Å². The maximum absolute atomic E-state index is 12.5. The molecule has 0 aliphatic carbocycles. The molecular formula is C24H26N2O4. The van der Waals surface area contributed by atoms with E-state index in [9.17, 15) is 9.59 Å². The molecule has 2 amide bonds. The molecule has 0 bridgehead atoms. The smallest absolute Gasteiger partial charge is 0.248 e. The number of amides is 2. The van der Waals surface area contributed by atoms with Gasteiger partial charge in [-0.05, 0) is 56.7 Å². The number of rotatable bonds is 6. The van der Waals surface area contributed by atoms with Gasteiger partial charge in [-0.2, -0.15) is 0 Å². The lowest BCUT2D eigenvalue weighted by atomic mass is 10.1. The predicted octanol–water partition coefficient (Wildman–Crippen LogP) is 4.19. The van der Waals surface area contributed by atoms with Crippen LogP contribution in [0.1, 0.15) is 37.8 Å². The summed E-state index contributed by atoms with van der Waals surface area (Å²) in [6.07, 6.45) is 5.66. The van der Waals surface area contributed by atoms with Crippen molar-refractivity contribution in [1.82, 2.24) is 0 Å². The average Bonchev–Trinajstić information content (AvgIpc) is 3.30. The molecule has 6 nitrogen and oxygen atoms in total. The Bertz CT molecular complexity index is 999. The largest absolute Gasteiger partial charge is 0.493 e. The third-order valence-corrected chi connectivity index (χ3v) is 5.24. The van der Waals surface area contributed by atoms with Gasteiger partial charge in [0.1, 0.15) is 17.6 Å². The van der Waals surface area contributed by atoms with Crippen molar-refractivity contribution in [3.8, 4) is 11.5 Å². The van der Waals surface area contributed by atoms with Crippen LogP contribution in [0.5, 0.6) is 11.5 Å². The molecule has 30 heavy (non-hydrogen) atoms. The first-order chi connectivity index (χ1) is 14.5. The number of ether oxygens (including phenoxy) is 2. The van der Waals surface area contributed by atoms with E-state index in [1.807, 2.05) is 50.2 Å². The minimum absolute atomic E-state index is 0.120. The van der Waals surface area contributed by atoms with E-state index in [-0.39, 0.29) is 17.9 Å². The lowest BCUT2D eigenvalue weighted by Crippen LogP contribution is -2.23. The van der Waals surface area contributed by atoms with E-state index < -0.39 is 0 Å². The molecule has 156 valence electrons. The van der Waals surface area contributed by atoms with Gasteiger partial charge in [0, 0.05) is 48.0 Å². The molecule has 0 radical (unpaired) electrons. The van der Waals surface area contributed by atoms with Gasteiger partial charge in [-0.25, -0.2) is 0 Å². The zero-order valence-corrected chi connectivity index (χ0v) is 17.3. The lowest BCUT2D eigenvalue weighted by molar-refractivity contribution is -0.117. The van der Waals surface area contributed by atoms with E-state index in [4.69, 9.17) is 9.47 Å². The fourth-order valence-corrected chi connectivity index (χ4v) is 3.89. The number of nitrogens with zero attached hydrogens (tertiary/aromatic N) is 1. The van der Waals surface area contributed by atoms with Crippen LogP contribution in [0.25, 0.3) is 6.08 Å². The number of benzene rings is 2. The van der Waals surface area contributed by atoms with Crippen molar-refractivity contribution >= 4 is 29.3 Å². The first-order valence-corrected chi connectivity index (χ1v) is 10.4. The zero-order chi connectivity index (χ0) is 21.1. The van der Waals surface area contributed by atoms with Crippen molar-refractivity contribution < 1.29 is 19.1 Å². The van der Waals surface area contributed by atoms with E-state index in [2.05, 4.69) is 5.32 Å². The summed E-state index contributed by atoms with van der Waals surface area (Å²) in [7, 11) is 0. The Hall–Kier alpha value is -3.28. The quantitative estimate of drug-likeness (QED) is 0.731. The van der Waals surface area contributed by atoms with Gasteiger partial charge in [-0.1, -0.05) is 6.07 Å². The minimum atomic E-state index is -0.253. The fraction of sp³-hybridized carbons (Fsp3) is 0.333. The topological polar surface area (TPSA) is 67.9 Å². The molecule has 2 aliphatic rings. The molecule has 1 saturated heterocycles. The standard InChI is InChI=1S/C24H26N2O4/c1-3-29-21-14-18-12-16(2)30-22(18)13-17(21)9-10-23(27)25-19-6-4-7-20(15-19)26-11-5-8-24(26)28/h4,6-7,9-10,13-16H,3,5,8,11-12H2,1-2H3,(H,25,27)/b10-9+/t16-/m1/s1. The van der Waals surface area contributed by atoms with Crippen LogP contribution in [0, 0.1) is 0 Å². The number of hydrogen-bond acceptors (Lipinski definition) is 4. The van der Waals surface area contributed by atoms with E-state index in [0.717, 1.165) is 47.7 Å². The first-order valence-electron chi connectivity index (χ1n) is 10.4. The van der Waals surface area contributed by atoms with Crippen LogP contribution in [-0.2, 0) is 16.0 Å². The molecule has 0 spiro atoms. The van der Waals surface area contributed by atoms with Gasteiger partial charge in [-0.3, -0.25) is 9.59 Å². The highest BCUT2D eigenvalue weighted by Crippen LogP contribution is 2.35. The number of hydrogen-bond donors (Lipinski definition) is 1. The molecule has 4 rings (SSSR count). The maximum Gasteiger partial charge on any atom is 0.248 e. The second-order valence-electron chi connectivity index (χ2n) is 7.59. The molecule has 0 aromatic heterocycles. The second kappa shape index (κ2) is 8.61. The van der Waals surface area contributed by atoms with Gasteiger partial charge < -0.3 is 19.7 Å². The van der Waals surface area contributed by atoms with Crippen molar-refractivity contribution in [2.24, 2.45) is 0 Å². The van der Waals surface area contributed by atoms with Gasteiger partial charge in [0.05, 0.1) is 6.61 Å². The Labute approximate surface area is 176 Å². The molecule has 0 unspecified atom stereocenters. The summed E-state index contributed by atoms with van der Waals surface area (Å²) in [5.41, 5.74) is 3.39. The highest BCUT2D eigenvalue weighted by atomic mass is 16.5. The summed E-state index contributed by atoms with van der Waals surface area (Å²) in [5.74, 6) is 1.45. The number of fused-ring (bicyclic) bond motifs is 1. The summed E-state index contributed by atoms with van der Waals surface area (Å²) < 4.78 is 11.6. The molecule has 1 atom stereocenters. The highest BCUT2D eigenvalue weighted by molar-refractivity contribution is 6.03. The zero-order valence-electron chi connectivity index (χ0n) is 17.3. The van der Waals surface area contributed by atoms with Crippen LogP contribution < -0.4 is 19.7 Å². The summed E-state index contributed by atoms with van der Waals surface area (Å²) in [4.78, 5) is 26.2. The van der Waals surface area contributed by atoms with Crippen LogP contribution >= 0.6 is 0 Å². The van der Waals surface area contributed by atoms with Crippen molar-refractivity contribution in [2.75, 3.05) is 23.4 Å². The van der Waals surface area contributed by atoms with Crippen molar-refractivity contribution in [1.29, 1.82) is 0 Å². The third kappa shape index (κ3) is 4.32. The van der Waals surface area contributed by atoms with Gasteiger partial charge in [0.2, 0.25) is 11.8 Å². The van der Waals surface area contributed by atoms with E-state index in [0.29, 0.717) is 18.7 Å². The highest BCUT2D eigenvalue weighted by Gasteiger charge is 2.22. The van der Waals surface area contributed by atoms with Crippen LogP contribution in [-0.4, -0.2) is 31.1 Å². The van der Waals surface area contributed by atoms with Crippen LogP contribution in [0.3, 0.4) is 0 Å². The Morgan fingerprint density at radius 3 is 2.97 bits per heavy atom. The van der Waals surface area contributed by atoms with Crippen LogP contribution in [0.4, 0.5) is 11.4 Å². The van der Waals surface area contributed by atoms with Gasteiger partial charge in [0.25, 0.3) is 0 Å². The molecule has 2 aromatic carbocycles. The molecule has 1 N–H and O–H groups in total. The van der Waals surface area contributed by atoms with E-state index >= 15 is 0 Å². The SMILES string of the molecule is CCOc1cc2c(cc1/C=C/C(=O)Nc1cccc(N3CCCC3=O)c1)O[C@H](C)C2. The first kappa shape index (κ1) is 20.0. The second-order valence-corrected chi connectivity index (χ2v) is 7.59. The fourth-order valence-electron chi connectivity index (χ4n) is 3.89. The predicted molar refractivity (Wildman–Crippen MR) is 117 cm³/mol. The van der Waals surface area contributed by atoms with Crippen molar-refractivity contribution in [2.45, 2.75) is 39.2 Å². The average molecular weight is 406 g/mol. The Kier molecular flexibility index (Phi) is 5.74. The molecular weight excluding hydrogens is 380 g/mol. The Morgan fingerprint density at radius 1 is 1.33 bits per heavy atom. The molecule has 2 aromatic rings. The molecule has 2 heterocycles. The molecule has 0 saturated carbocycles. The van der Waals surface area contributed by atoms with Crippen LogP contribution in [0.2, 0.25) is 0 Å². The minimum Gasteiger partial charge on any atom is -0.493 e. The third-order valence-electron chi connectivity index (χ3n) is 5.24. The number of carbonyl (C=O) groups excluding carboxylic acids is 2. The Morgan fingerprint density at radius 2 is 2.20 bits per heavy atom. The number of anilines is 2. The van der Waals surface area contributed by atoms with Crippen molar-refractivity contribution in [3.63, 3.8) is 0 Å². The van der Waals surface area contributed by atoms with E-state index in [1.165, 1.54) is 6.08 Å². The monoisotopic (exact) mass is 406 g/mol. The van der Waals surface area contributed by atoms with Crippen molar-refractivity contribution in [3.05, 3.63) is 53.6 Å². The molecule has 1 fully saturated rings. The van der Waals surface area contributed by atoms with Gasteiger partial charge in [-0.15, -0.1) is 0 Å². The van der Waals surface area contributed by atoms with E-state index in [1.54, 1.807) is 11.0 Å². The Balaban J connectivity index is 1.48. The number of carbonyl (C=O) groups is 2. The molecule has 6 heteroatoms.